The van der Waals surface area contributed by atoms with Crippen molar-refractivity contribution >= 4 is 23.2 Å². The molecule has 0 aromatic heterocycles. The van der Waals surface area contributed by atoms with E-state index in [0.29, 0.717) is 23.2 Å². The molecule has 0 aliphatic rings. The van der Waals surface area contributed by atoms with Crippen LogP contribution >= 0.6 is 12.2 Å². The minimum atomic E-state index is -0.222. The lowest BCUT2D eigenvalue weighted by molar-refractivity contribution is -0.121. The normalized spacial score (nSPS) is 11.3. The van der Waals surface area contributed by atoms with Gasteiger partial charge >= 0.3 is 0 Å². The molecule has 23 heavy (non-hydrogen) atoms. The molecule has 0 spiro atoms. The Morgan fingerprint density at radius 2 is 1.87 bits per heavy atom. The number of hydrogen-bond acceptors (Lipinski definition) is 5. The van der Waals surface area contributed by atoms with Gasteiger partial charge in [-0.05, 0) is 36.8 Å². The van der Waals surface area contributed by atoms with Crippen LogP contribution in [0.2, 0.25) is 0 Å². The number of ether oxygens (including phenoxy) is 3. The Balaban J connectivity index is 2.46. The number of thiocarbonyl (C=S) groups is 1. The van der Waals surface area contributed by atoms with E-state index in [-0.39, 0.29) is 18.4 Å². The Morgan fingerprint density at radius 1 is 1.17 bits per heavy atom. The van der Waals surface area contributed by atoms with Crippen molar-refractivity contribution in [3.05, 3.63) is 23.8 Å². The maximum Gasteiger partial charge on any atom is 0.242 e. The maximum absolute atomic E-state index is 11.9. The first kappa shape index (κ1) is 19.0. The number of carbonyl (C=O) groups excluding carboxylic acids is 1. The molecule has 8 heteroatoms. The van der Waals surface area contributed by atoms with Gasteiger partial charge in [0.1, 0.15) is 0 Å². The van der Waals surface area contributed by atoms with Crippen molar-refractivity contribution in [1.29, 1.82) is 0 Å². The van der Waals surface area contributed by atoms with E-state index >= 15 is 0 Å². The van der Waals surface area contributed by atoms with Crippen LogP contribution in [0.15, 0.2) is 18.2 Å². The average molecular weight is 341 g/mol. The second kappa shape index (κ2) is 9.86. The highest BCUT2D eigenvalue weighted by molar-refractivity contribution is 7.80. The molecule has 1 amide bonds. The summed E-state index contributed by atoms with van der Waals surface area (Å²) >= 11 is 5.07. The summed E-state index contributed by atoms with van der Waals surface area (Å²) in [5.41, 5.74) is 5.99. The fourth-order valence-corrected chi connectivity index (χ4v) is 2.15. The summed E-state index contributed by atoms with van der Waals surface area (Å²) in [5, 5.41) is 3.31. The van der Waals surface area contributed by atoms with Crippen molar-refractivity contribution < 1.29 is 19.0 Å². The Hall–Kier alpha value is -2.06. The lowest BCUT2D eigenvalue weighted by atomic mass is 10.1. The van der Waals surface area contributed by atoms with Gasteiger partial charge in [0.05, 0.1) is 27.2 Å². The second-order valence-electron chi connectivity index (χ2n) is 4.87. The molecule has 0 bridgehead atoms. The van der Waals surface area contributed by atoms with E-state index in [1.807, 2.05) is 6.92 Å². The fraction of sp³-hybridized carbons (Fsp3) is 0.467. The van der Waals surface area contributed by atoms with Crippen molar-refractivity contribution in [2.24, 2.45) is 0 Å². The summed E-state index contributed by atoms with van der Waals surface area (Å²) in [6, 6.07) is 5.36. The molecule has 3 N–H and O–H groups in total. The minimum absolute atomic E-state index is 0.0442. The Bertz CT molecular complexity index is 539. The zero-order chi connectivity index (χ0) is 17.2. The zero-order valence-electron chi connectivity index (χ0n) is 13.8. The van der Waals surface area contributed by atoms with Crippen molar-refractivity contribution in [3.63, 3.8) is 0 Å². The highest BCUT2D eigenvalue weighted by Crippen LogP contribution is 2.27. The van der Waals surface area contributed by atoms with Gasteiger partial charge < -0.3 is 19.5 Å². The standard InChI is InChI=1S/C15H23N3O4S/c1-10(9-20-2)16-15(23)18-17-14(19)8-11-5-6-12(21-3)13(7-11)22-4/h5-7,10H,8-9H2,1-4H3,(H,17,19)(H2,16,18,23)/t10-/m0/s1. The van der Waals surface area contributed by atoms with Gasteiger partial charge in [-0.1, -0.05) is 6.07 Å². The number of rotatable bonds is 7. The average Bonchev–Trinajstić information content (AvgIpc) is 2.53. The first-order valence-corrected chi connectivity index (χ1v) is 7.46. The molecular formula is C15H23N3O4S. The third-order valence-corrected chi connectivity index (χ3v) is 3.14. The lowest BCUT2D eigenvalue weighted by Gasteiger charge is -2.16. The number of carbonyl (C=O) groups is 1. The Morgan fingerprint density at radius 3 is 2.48 bits per heavy atom. The molecule has 0 fully saturated rings. The molecule has 1 atom stereocenters. The van der Waals surface area contributed by atoms with E-state index in [9.17, 15) is 4.79 Å². The number of methoxy groups -OCH3 is 3. The molecule has 1 aromatic rings. The van der Waals surface area contributed by atoms with Crippen LogP contribution in [0.25, 0.3) is 0 Å². The second-order valence-corrected chi connectivity index (χ2v) is 5.28. The summed E-state index contributed by atoms with van der Waals surface area (Å²) in [5.74, 6) is 0.976. The molecule has 0 radical (unpaired) electrons. The van der Waals surface area contributed by atoms with Crippen molar-refractivity contribution in [1.82, 2.24) is 16.2 Å². The molecule has 0 aliphatic carbocycles. The summed E-state index contributed by atoms with van der Waals surface area (Å²) in [6.07, 6.45) is 0.184. The van der Waals surface area contributed by atoms with Crippen LogP contribution in [-0.2, 0) is 16.0 Å². The topological polar surface area (TPSA) is 80.9 Å². The van der Waals surface area contributed by atoms with Gasteiger partial charge in [-0.15, -0.1) is 0 Å². The predicted octanol–water partition coefficient (Wildman–Crippen LogP) is 0.777. The van der Waals surface area contributed by atoms with Crippen LogP contribution < -0.4 is 25.6 Å². The summed E-state index contributed by atoms with van der Waals surface area (Å²) in [7, 11) is 4.72. The van der Waals surface area contributed by atoms with Crippen molar-refractivity contribution in [2.45, 2.75) is 19.4 Å². The largest absolute Gasteiger partial charge is 0.493 e. The van der Waals surface area contributed by atoms with E-state index in [4.69, 9.17) is 26.4 Å². The van der Waals surface area contributed by atoms with E-state index in [1.54, 1.807) is 39.5 Å². The van der Waals surface area contributed by atoms with Gasteiger partial charge in [0.15, 0.2) is 16.6 Å². The first-order valence-electron chi connectivity index (χ1n) is 7.05. The van der Waals surface area contributed by atoms with Gasteiger partial charge in [0.25, 0.3) is 0 Å². The van der Waals surface area contributed by atoms with Gasteiger partial charge in [-0.2, -0.15) is 0 Å². The molecule has 0 saturated heterocycles. The fourth-order valence-electron chi connectivity index (χ4n) is 1.90. The third kappa shape index (κ3) is 6.70. The molecule has 128 valence electrons. The van der Waals surface area contributed by atoms with E-state index < -0.39 is 0 Å². The third-order valence-electron chi connectivity index (χ3n) is 2.92. The van der Waals surface area contributed by atoms with E-state index in [1.165, 1.54) is 0 Å². The smallest absolute Gasteiger partial charge is 0.242 e. The van der Waals surface area contributed by atoms with Crippen molar-refractivity contribution in [2.75, 3.05) is 27.9 Å². The predicted molar refractivity (Wildman–Crippen MR) is 91.6 cm³/mol. The number of amides is 1. The van der Waals surface area contributed by atoms with Gasteiger partial charge in [-0.3, -0.25) is 15.6 Å². The maximum atomic E-state index is 11.9. The molecular weight excluding hydrogens is 318 g/mol. The molecule has 0 aliphatic heterocycles. The molecule has 1 rings (SSSR count). The zero-order valence-corrected chi connectivity index (χ0v) is 14.6. The van der Waals surface area contributed by atoms with Gasteiger partial charge in [0.2, 0.25) is 5.91 Å². The van der Waals surface area contributed by atoms with Crippen LogP contribution in [-0.4, -0.2) is 45.0 Å². The molecule has 7 nitrogen and oxygen atoms in total. The van der Waals surface area contributed by atoms with E-state index in [0.717, 1.165) is 5.56 Å². The number of benzene rings is 1. The number of hydrogen-bond donors (Lipinski definition) is 3. The van der Waals surface area contributed by atoms with Gasteiger partial charge in [0, 0.05) is 13.2 Å². The minimum Gasteiger partial charge on any atom is -0.493 e. The highest BCUT2D eigenvalue weighted by Gasteiger charge is 2.09. The molecule has 0 saturated carbocycles. The van der Waals surface area contributed by atoms with Crippen LogP contribution in [0.3, 0.4) is 0 Å². The number of hydrazine groups is 1. The molecule has 0 unspecified atom stereocenters. The quantitative estimate of drug-likeness (QED) is 0.499. The van der Waals surface area contributed by atoms with Crippen LogP contribution in [0.4, 0.5) is 0 Å². The molecule has 0 heterocycles. The SMILES string of the molecule is COC[C@H](C)NC(=S)NNC(=O)Cc1ccc(OC)c(OC)c1. The van der Waals surface area contributed by atoms with E-state index in [2.05, 4.69) is 16.2 Å². The van der Waals surface area contributed by atoms with Gasteiger partial charge in [-0.25, -0.2) is 0 Å². The molecule has 1 aromatic carbocycles. The summed E-state index contributed by atoms with van der Waals surface area (Å²) in [6.45, 7) is 2.43. The highest BCUT2D eigenvalue weighted by atomic mass is 32.1. The lowest BCUT2D eigenvalue weighted by Crippen LogP contribution is -2.50. The van der Waals surface area contributed by atoms with Crippen LogP contribution in [0, 0.1) is 0 Å². The monoisotopic (exact) mass is 341 g/mol. The first-order chi connectivity index (χ1) is 11.0. The van der Waals surface area contributed by atoms with Crippen LogP contribution in [0.1, 0.15) is 12.5 Å². The number of nitrogens with one attached hydrogen (secondary N) is 3. The summed E-state index contributed by atoms with van der Waals surface area (Å²) in [4.78, 5) is 11.9. The Labute approximate surface area is 141 Å². The summed E-state index contributed by atoms with van der Waals surface area (Å²) < 4.78 is 15.4. The van der Waals surface area contributed by atoms with Crippen LogP contribution in [0.5, 0.6) is 11.5 Å². The van der Waals surface area contributed by atoms with Crippen molar-refractivity contribution in [3.8, 4) is 11.5 Å². The Kier molecular flexibility index (Phi) is 8.14.